The Hall–Kier alpha value is -2.03. The van der Waals surface area contributed by atoms with Crippen molar-refractivity contribution in [3.8, 4) is 0 Å². The molecule has 0 saturated carbocycles. The fourth-order valence-corrected chi connectivity index (χ4v) is 1.50. The van der Waals surface area contributed by atoms with E-state index >= 15 is 0 Å². The van der Waals surface area contributed by atoms with Crippen LogP contribution in [0.3, 0.4) is 0 Å². The normalized spacial score (nSPS) is 10.2. The van der Waals surface area contributed by atoms with Gasteiger partial charge in [-0.1, -0.05) is 6.07 Å². The Kier molecular flexibility index (Phi) is 2.29. The van der Waals surface area contributed by atoms with Crippen molar-refractivity contribution in [2.75, 3.05) is 5.73 Å². The summed E-state index contributed by atoms with van der Waals surface area (Å²) < 4.78 is 0. The molecule has 1 aromatic carbocycles. The maximum Gasteiger partial charge on any atom is 0.194 e. The molecule has 0 saturated heterocycles. The summed E-state index contributed by atoms with van der Waals surface area (Å²) in [6.07, 6.45) is 3.42. The minimum absolute atomic E-state index is 0.000972. The van der Waals surface area contributed by atoms with E-state index in [9.17, 15) is 4.79 Å². The second-order valence-corrected chi connectivity index (χ2v) is 3.50. The maximum atomic E-state index is 12.0. The van der Waals surface area contributed by atoms with Gasteiger partial charge in [0.1, 0.15) is 0 Å². The molecule has 2 rings (SSSR count). The number of anilines is 1. The zero-order valence-electron chi connectivity index (χ0n) is 8.45. The first-order valence-electron chi connectivity index (χ1n) is 4.72. The van der Waals surface area contributed by atoms with Gasteiger partial charge in [-0.3, -0.25) is 4.79 Å². The van der Waals surface area contributed by atoms with E-state index in [0.717, 1.165) is 5.56 Å². The Morgan fingerprint density at radius 2 is 2.13 bits per heavy atom. The smallest absolute Gasteiger partial charge is 0.194 e. The number of aryl methyl sites for hydroxylation is 1. The molecule has 0 aliphatic carbocycles. The van der Waals surface area contributed by atoms with Crippen LogP contribution < -0.4 is 5.73 Å². The number of carbonyl (C=O) groups excluding carboxylic acids is 1. The van der Waals surface area contributed by atoms with Gasteiger partial charge in [0.2, 0.25) is 0 Å². The molecule has 15 heavy (non-hydrogen) atoms. The molecule has 0 atom stereocenters. The SMILES string of the molecule is Cc1ccc(N)cc1C(=O)c1cc[nH]c1. The number of rotatable bonds is 2. The van der Waals surface area contributed by atoms with Crippen LogP contribution in [0.25, 0.3) is 0 Å². The molecule has 3 nitrogen and oxygen atoms in total. The van der Waals surface area contributed by atoms with Gasteiger partial charge in [0.25, 0.3) is 0 Å². The Bertz CT molecular complexity index is 486. The molecular formula is C12H12N2O. The van der Waals surface area contributed by atoms with Crippen LogP contribution in [-0.2, 0) is 0 Å². The standard InChI is InChI=1S/C12H12N2O/c1-8-2-3-10(13)6-11(8)12(15)9-4-5-14-7-9/h2-7,14H,13H2,1H3. The molecule has 3 heteroatoms. The summed E-state index contributed by atoms with van der Waals surface area (Å²) in [7, 11) is 0. The molecule has 0 spiro atoms. The molecule has 0 aliphatic rings. The van der Waals surface area contributed by atoms with Crippen LogP contribution in [0.15, 0.2) is 36.7 Å². The summed E-state index contributed by atoms with van der Waals surface area (Å²) in [5.41, 5.74) is 8.53. The van der Waals surface area contributed by atoms with Crippen LogP contribution in [0.5, 0.6) is 0 Å². The van der Waals surface area contributed by atoms with Crippen molar-refractivity contribution in [1.29, 1.82) is 0 Å². The molecule has 0 aliphatic heterocycles. The number of nitrogens with two attached hydrogens (primary N) is 1. The minimum Gasteiger partial charge on any atom is -0.399 e. The monoisotopic (exact) mass is 200 g/mol. The largest absolute Gasteiger partial charge is 0.399 e. The van der Waals surface area contributed by atoms with E-state index in [1.807, 2.05) is 13.0 Å². The summed E-state index contributed by atoms with van der Waals surface area (Å²) in [5, 5.41) is 0. The highest BCUT2D eigenvalue weighted by atomic mass is 16.1. The third-order valence-corrected chi connectivity index (χ3v) is 2.37. The lowest BCUT2D eigenvalue weighted by molar-refractivity contribution is 0.103. The van der Waals surface area contributed by atoms with E-state index in [1.165, 1.54) is 0 Å². The van der Waals surface area contributed by atoms with Crippen molar-refractivity contribution in [3.05, 3.63) is 53.3 Å². The average molecular weight is 200 g/mol. The molecular weight excluding hydrogens is 188 g/mol. The number of aromatic nitrogens is 1. The molecule has 0 radical (unpaired) electrons. The molecule has 2 aromatic rings. The third-order valence-electron chi connectivity index (χ3n) is 2.37. The average Bonchev–Trinajstić information content (AvgIpc) is 2.74. The second kappa shape index (κ2) is 3.61. The Labute approximate surface area is 87.9 Å². The van der Waals surface area contributed by atoms with Crippen molar-refractivity contribution in [3.63, 3.8) is 0 Å². The quantitative estimate of drug-likeness (QED) is 0.576. The van der Waals surface area contributed by atoms with Crippen LogP contribution in [0.1, 0.15) is 21.5 Å². The molecule has 76 valence electrons. The van der Waals surface area contributed by atoms with E-state index in [1.54, 1.807) is 30.6 Å². The summed E-state index contributed by atoms with van der Waals surface area (Å²) in [6, 6.07) is 7.12. The summed E-state index contributed by atoms with van der Waals surface area (Å²) in [5.74, 6) is 0.000972. The van der Waals surface area contributed by atoms with Crippen LogP contribution in [0.2, 0.25) is 0 Å². The van der Waals surface area contributed by atoms with Crippen molar-refractivity contribution in [2.45, 2.75) is 6.92 Å². The zero-order chi connectivity index (χ0) is 10.8. The first-order valence-corrected chi connectivity index (χ1v) is 4.72. The number of H-pyrrole nitrogens is 1. The highest BCUT2D eigenvalue weighted by Crippen LogP contribution is 2.16. The van der Waals surface area contributed by atoms with Crippen molar-refractivity contribution < 1.29 is 4.79 Å². The lowest BCUT2D eigenvalue weighted by atomic mass is 10.0. The number of hydrogen-bond donors (Lipinski definition) is 2. The predicted octanol–water partition coefficient (Wildman–Crippen LogP) is 2.14. The highest BCUT2D eigenvalue weighted by Gasteiger charge is 2.11. The van der Waals surface area contributed by atoms with E-state index < -0.39 is 0 Å². The van der Waals surface area contributed by atoms with Gasteiger partial charge in [-0.25, -0.2) is 0 Å². The Morgan fingerprint density at radius 3 is 2.80 bits per heavy atom. The van der Waals surface area contributed by atoms with E-state index in [2.05, 4.69) is 4.98 Å². The topological polar surface area (TPSA) is 58.9 Å². The number of nitrogen functional groups attached to an aromatic ring is 1. The van der Waals surface area contributed by atoms with Crippen LogP contribution in [0.4, 0.5) is 5.69 Å². The van der Waals surface area contributed by atoms with Gasteiger partial charge in [-0.05, 0) is 30.7 Å². The summed E-state index contributed by atoms with van der Waals surface area (Å²) >= 11 is 0. The molecule has 0 amide bonds. The van der Waals surface area contributed by atoms with Gasteiger partial charge in [-0.2, -0.15) is 0 Å². The lowest BCUT2D eigenvalue weighted by Crippen LogP contribution is -2.03. The Balaban J connectivity index is 2.46. The maximum absolute atomic E-state index is 12.0. The van der Waals surface area contributed by atoms with E-state index in [4.69, 9.17) is 5.73 Å². The van der Waals surface area contributed by atoms with Gasteiger partial charge in [0.05, 0.1) is 0 Å². The third kappa shape index (κ3) is 1.76. The highest BCUT2D eigenvalue weighted by molar-refractivity contribution is 6.10. The van der Waals surface area contributed by atoms with Gasteiger partial charge in [-0.15, -0.1) is 0 Å². The number of carbonyl (C=O) groups is 1. The summed E-state index contributed by atoms with van der Waals surface area (Å²) in [6.45, 7) is 1.90. The second-order valence-electron chi connectivity index (χ2n) is 3.50. The van der Waals surface area contributed by atoms with Gasteiger partial charge < -0.3 is 10.7 Å². The predicted molar refractivity (Wildman–Crippen MR) is 59.8 cm³/mol. The van der Waals surface area contributed by atoms with Crippen molar-refractivity contribution >= 4 is 11.5 Å². The van der Waals surface area contributed by atoms with Crippen LogP contribution >= 0.6 is 0 Å². The molecule has 0 unspecified atom stereocenters. The van der Waals surface area contributed by atoms with Crippen LogP contribution in [0, 0.1) is 6.92 Å². The van der Waals surface area contributed by atoms with Crippen molar-refractivity contribution in [1.82, 2.24) is 4.98 Å². The summed E-state index contributed by atoms with van der Waals surface area (Å²) in [4.78, 5) is 14.9. The molecule has 3 N–H and O–H groups in total. The van der Waals surface area contributed by atoms with Gasteiger partial charge >= 0.3 is 0 Å². The zero-order valence-corrected chi connectivity index (χ0v) is 8.45. The number of ketones is 1. The van der Waals surface area contributed by atoms with Gasteiger partial charge in [0, 0.05) is 29.2 Å². The fourth-order valence-electron chi connectivity index (χ4n) is 1.50. The Morgan fingerprint density at radius 1 is 1.33 bits per heavy atom. The minimum atomic E-state index is 0.000972. The van der Waals surface area contributed by atoms with Crippen molar-refractivity contribution in [2.24, 2.45) is 0 Å². The van der Waals surface area contributed by atoms with E-state index in [0.29, 0.717) is 16.8 Å². The first-order chi connectivity index (χ1) is 7.18. The number of benzene rings is 1. The first kappa shape index (κ1) is 9.52. The number of aromatic amines is 1. The number of nitrogens with one attached hydrogen (secondary N) is 1. The molecule has 1 heterocycles. The molecule has 1 aromatic heterocycles. The van der Waals surface area contributed by atoms with E-state index in [-0.39, 0.29) is 5.78 Å². The number of hydrogen-bond acceptors (Lipinski definition) is 2. The fraction of sp³-hybridized carbons (Fsp3) is 0.0833. The molecule has 0 fully saturated rings. The lowest BCUT2D eigenvalue weighted by Gasteiger charge is -2.04. The molecule has 0 bridgehead atoms. The van der Waals surface area contributed by atoms with Crippen LogP contribution in [-0.4, -0.2) is 10.8 Å². The van der Waals surface area contributed by atoms with Gasteiger partial charge in [0.15, 0.2) is 5.78 Å².